The van der Waals surface area contributed by atoms with Crippen LogP contribution >= 0.6 is 0 Å². The highest BCUT2D eigenvalue weighted by Gasteiger charge is 2.26. The highest BCUT2D eigenvalue weighted by molar-refractivity contribution is 5.94. The maximum absolute atomic E-state index is 12.6. The number of likely N-dealkylation sites (tertiary alicyclic amines) is 1. The van der Waals surface area contributed by atoms with E-state index >= 15 is 0 Å². The van der Waals surface area contributed by atoms with Crippen LogP contribution in [-0.2, 0) is 0 Å². The summed E-state index contributed by atoms with van der Waals surface area (Å²) in [7, 11) is 0. The second-order valence-corrected chi connectivity index (χ2v) is 5.58. The van der Waals surface area contributed by atoms with Gasteiger partial charge in [0.15, 0.2) is 0 Å². The Morgan fingerprint density at radius 2 is 2.25 bits per heavy atom. The second kappa shape index (κ2) is 6.75. The van der Waals surface area contributed by atoms with E-state index in [9.17, 15) is 4.79 Å². The van der Waals surface area contributed by atoms with Crippen LogP contribution < -0.4 is 10.5 Å². The fourth-order valence-corrected chi connectivity index (χ4v) is 2.65. The molecule has 1 aliphatic rings. The molecule has 110 valence electrons. The molecule has 20 heavy (non-hydrogen) atoms. The van der Waals surface area contributed by atoms with Crippen molar-refractivity contribution in [2.24, 2.45) is 5.73 Å². The van der Waals surface area contributed by atoms with E-state index in [-0.39, 0.29) is 18.1 Å². The molecule has 1 atom stereocenters. The normalized spacial score (nSPS) is 19.2. The number of benzene rings is 1. The first kappa shape index (κ1) is 14.9. The molecular formula is C16H24N2O2. The number of hydrogen-bond donors (Lipinski definition) is 1. The standard InChI is InChI=1S/C16H24N2O2/c1-12(2)20-15-8-5-6-13(10-15)16(19)18-9-4-3-7-14(18)11-17/h5-6,8,10,12,14H,3-4,7,9,11,17H2,1-2H3. The van der Waals surface area contributed by atoms with Gasteiger partial charge in [0.2, 0.25) is 0 Å². The lowest BCUT2D eigenvalue weighted by Gasteiger charge is -2.35. The maximum Gasteiger partial charge on any atom is 0.254 e. The minimum absolute atomic E-state index is 0.0642. The molecule has 1 aliphatic heterocycles. The molecule has 2 N–H and O–H groups in total. The molecule has 0 spiro atoms. The van der Waals surface area contributed by atoms with Crippen LogP contribution in [0.25, 0.3) is 0 Å². The molecule has 0 radical (unpaired) electrons. The highest BCUT2D eigenvalue weighted by atomic mass is 16.5. The Labute approximate surface area is 120 Å². The lowest BCUT2D eigenvalue weighted by atomic mass is 10.0. The predicted octanol–water partition coefficient (Wildman–Crippen LogP) is 2.43. The number of carbonyl (C=O) groups is 1. The predicted molar refractivity (Wildman–Crippen MR) is 79.9 cm³/mol. The fraction of sp³-hybridized carbons (Fsp3) is 0.562. The summed E-state index contributed by atoms with van der Waals surface area (Å²) in [6, 6.07) is 7.59. The van der Waals surface area contributed by atoms with Gasteiger partial charge < -0.3 is 15.4 Å². The number of hydrogen-bond acceptors (Lipinski definition) is 3. The van der Waals surface area contributed by atoms with Gasteiger partial charge in [-0.15, -0.1) is 0 Å². The van der Waals surface area contributed by atoms with Crippen molar-refractivity contribution in [3.8, 4) is 5.75 Å². The number of ether oxygens (including phenoxy) is 1. The smallest absolute Gasteiger partial charge is 0.254 e. The Morgan fingerprint density at radius 1 is 1.45 bits per heavy atom. The first-order valence-electron chi connectivity index (χ1n) is 7.39. The van der Waals surface area contributed by atoms with Gasteiger partial charge in [0, 0.05) is 24.7 Å². The Balaban J connectivity index is 2.15. The molecule has 0 saturated carbocycles. The van der Waals surface area contributed by atoms with Gasteiger partial charge in [0.25, 0.3) is 5.91 Å². The van der Waals surface area contributed by atoms with Crippen LogP contribution in [0.1, 0.15) is 43.5 Å². The molecule has 1 heterocycles. The average molecular weight is 276 g/mol. The molecule has 4 nitrogen and oxygen atoms in total. The maximum atomic E-state index is 12.6. The zero-order valence-electron chi connectivity index (χ0n) is 12.3. The summed E-state index contributed by atoms with van der Waals surface area (Å²) >= 11 is 0. The van der Waals surface area contributed by atoms with E-state index in [2.05, 4.69) is 0 Å². The molecule has 4 heteroatoms. The number of nitrogens with zero attached hydrogens (tertiary/aromatic N) is 1. The van der Waals surface area contributed by atoms with Crippen molar-refractivity contribution in [1.82, 2.24) is 4.90 Å². The van der Waals surface area contributed by atoms with Gasteiger partial charge >= 0.3 is 0 Å². The molecule has 0 aliphatic carbocycles. The molecule has 2 rings (SSSR count). The molecule has 1 aromatic rings. The first-order chi connectivity index (χ1) is 9.61. The molecule has 0 bridgehead atoms. The van der Waals surface area contributed by atoms with E-state index in [0.29, 0.717) is 12.1 Å². The number of piperidine rings is 1. The number of carbonyl (C=O) groups excluding carboxylic acids is 1. The molecular weight excluding hydrogens is 252 g/mol. The molecule has 1 unspecified atom stereocenters. The van der Waals surface area contributed by atoms with Crippen LogP contribution in [0.2, 0.25) is 0 Å². The van der Waals surface area contributed by atoms with Crippen molar-refractivity contribution in [3.63, 3.8) is 0 Å². The summed E-state index contributed by atoms with van der Waals surface area (Å²) in [6.45, 7) is 5.29. The van der Waals surface area contributed by atoms with E-state index < -0.39 is 0 Å². The summed E-state index contributed by atoms with van der Waals surface area (Å²) < 4.78 is 5.65. The van der Waals surface area contributed by atoms with Gasteiger partial charge in [0.1, 0.15) is 5.75 Å². The lowest BCUT2D eigenvalue weighted by molar-refractivity contribution is 0.0622. The summed E-state index contributed by atoms with van der Waals surface area (Å²) in [5.74, 6) is 0.807. The van der Waals surface area contributed by atoms with Gasteiger partial charge in [0.05, 0.1) is 6.10 Å². The summed E-state index contributed by atoms with van der Waals surface area (Å²) in [4.78, 5) is 14.5. The Bertz CT molecular complexity index is 460. The van der Waals surface area contributed by atoms with Crippen LogP contribution in [-0.4, -0.2) is 36.0 Å². The summed E-state index contributed by atoms with van der Waals surface area (Å²) in [5.41, 5.74) is 6.47. The van der Waals surface area contributed by atoms with Crippen molar-refractivity contribution in [2.75, 3.05) is 13.1 Å². The van der Waals surface area contributed by atoms with Gasteiger partial charge in [-0.2, -0.15) is 0 Å². The summed E-state index contributed by atoms with van der Waals surface area (Å²) in [5, 5.41) is 0. The third-order valence-electron chi connectivity index (χ3n) is 3.61. The summed E-state index contributed by atoms with van der Waals surface area (Å²) in [6.07, 6.45) is 3.32. The minimum Gasteiger partial charge on any atom is -0.491 e. The van der Waals surface area contributed by atoms with Gasteiger partial charge in [-0.25, -0.2) is 0 Å². The molecule has 1 saturated heterocycles. The SMILES string of the molecule is CC(C)Oc1cccc(C(=O)N2CCCCC2CN)c1. The number of rotatable bonds is 4. The Morgan fingerprint density at radius 3 is 2.95 bits per heavy atom. The molecule has 0 aromatic heterocycles. The highest BCUT2D eigenvalue weighted by Crippen LogP contribution is 2.21. The zero-order chi connectivity index (χ0) is 14.5. The van der Waals surface area contributed by atoms with E-state index in [1.54, 1.807) is 0 Å². The first-order valence-corrected chi connectivity index (χ1v) is 7.39. The van der Waals surface area contributed by atoms with Gasteiger partial charge in [-0.3, -0.25) is 4.79 Å². The topological polar surface area (TPSA) is 55.6 Å². The average Bonchev–Trinajstić information content (AvgIpc) is 2.46. The quantitative estimate of drug-likeness (QED) is 0.919. The van der Waals surface area contributed by atoms with Crippen LogP contribution in [0.3, 0.4) is 0 Å². The molecule has 1 aromatic carbocycles. The van der Waals surface area contributed by atoms with Crippen LogP contribution in [0.15, 0.2) is 24.3 Å². The third-order valence-corrected chi connectivity index (χ3v) is 3.61. The monoisotopic (exact) mass is 276 g/mol. The van der Waals surface area contributed by atoms with Crippen molar-refractivity contribution in [1.29, 1.82) is 0 Å². The molecule has 1 amide bonds. The minimum atomic E-state index is 0.0642. The van der Waals surface area contributed by atoms with E-state index in [0.717, 1.165) is 31.6 Å². The van der Waals surface area contributed by atoms with Crippen molar-refractivity contribution in [2.45, 2.75) is 45.3 Å². The molecule has 1 fully saturated rings. The van der Waals surface area contributed by atoms with Crippen LogP contribution in [0.4, 0.5) is 0 Å². The van der Waals surface area contributed by atoms with E-state index in [1.165, 1.54) is 0 Å². The third kappa shape index (κ3) is 3.51. The van der Waals surface area contributed by atoms with Gasteiger partial charge in [-0.1, -0.05) is 6.07 Å². The largest absolute Gasteiger partial charge is 0.491 e. The second-order valence-electron chi connectivity index (χ2n) is 5.58. The number of amides is 1. The van der Waals surface area contributed by atoms with Crippen molar-refractivity contribution in [3.05, 3.63) is 29.8 Å². The zero-order valence-corrected chi connectivity index (χ0v) is 12.3. The van der Waals surface area contributed by atoms with E-state index in [4.69, 9.17) is 10.5 Å². The fourth-order valence-electron chi connectivity index (χ4n) is 2.65. The van der Waals surface area contributed by atoms with E-state index in [1.807, 2.05) is 43.0 Å². The Kier molecular flexibility index (Phi) is 5.01. The Hall–Kier alpha value is -1.55. The van der Waals surface area contributed by atoms with Crippen LogP contribution in [0, 0.1) is 0 Å². The van der Waals surface area contributed by atoms with Crippen molar-refractivity contribution >= 4 is 5.91 Å². The number of nitrogens with two attached hydrogens (primary N) is 1. The van der Waals surface area contributed by atoms with Crippen molar-refractivity contribution < 1.29 is 9.53 Å². The van der Waals surface area contributed by atoms with Crippen LogP contribution in [0.5, 0.6) is 5.75 Å². The lowest BCUT2D eigenvalue weighted by Crippen LogP contribution is -2.47. The van der Waals surface area contributed by atoms with Gasteiger partial charge in [-0.05, 0) is 51.3 Å².